The maximum absolute atomic E-state index is 8.90. The molecule has 0 aromatic carbocycles. The van der Waals surface area contributed by atoms with Crippen LogP contribution in [-0.2, 0) is 0 Å². The van der Waals surface area contributed by atoms with Crippen LogP contribution in [0, 0.1) is 5.92 Å². The summed E-state index contributed by atoms with van der Waals surface area (Å²) in [4.78, 5) is 0. The Morgan fingerprint density at radius 3 is 2.78 bits per heavy atom. The molecule has 0 spiro atoms. The molecule has 0 heterocycles. The van der Waals surface area contributed by atoms with Gasteiger partial charge in [0.25, 0.3) is 0 Å². The predicted molar refractivity (Wildman–Crippen MR) is 38.2 cm³/mol. The zero-order chi connectivity index (χ0) is 6.69. The largest absolute Gasteiger partial charge is 0.393 e. The lowest BCUT2D eigenvalue weighted by atomic mass is 10.2. The normalized spacial score (nSPS) is 32.1. The van der Waals surface area contributed by atoms with Crippen molar-refractivity contribution in [2.75, 3.05) is 0 Å². The Kier molecular flexibility index (Phi) is 2.29. The van der Waals surface area contributed by atoms with Crippen LogP contribution in [0.4, 0.5) is 0 Å². The van der Waals surface area contributed by atoms with E-state index in [0.29, 0.717) is 5.92 Å². The van der Waals surface area contributed by atoms with Gasteiger partial charge in [0.1, 0.15) is 0 Å². The van der Waals surface area contributed by atoms with Crippen LogP contribution in [0.2, 0.25) is 0 Å². The molecule has 0 radical (unpaired) electrons. The summed E-state index contributed by atoms with van der Waals surface area (Å²) in [7, 11) is 0. The first kappa shape index (κ1) is 6.81. The van der Waals surface area contributed by atoms with E-state index < -0.39 is 0 Å². The summed E-state index contributed by atoms with van der Waals surface area (Å²) >= 11 is 0. The zero-order valence-electron chi connectivity index (χ0n) is 5.71. The molecule has 1 saturated carbocycles. The Morgan fingerprint density at radius 1 is 1.67 bits per heavy atom. The second-order valence-corrected chi connectivity index (χ2v) is 2.78. The molecule has 2 atom stereocenters. The monoisotopic (exact) mass is 126 g/mol. The van der Waals surface area contributed by atoms with Gasteiger partial charge in [-0.2, -0.15) is 0 Å². The predicted octanol–water partition coefficient (Wildman–Crippen LogP) is 1.72. The third kappa shape index (κ3) is 2.19. The van der Waals surface area contributed by atoms with Gasteiger partial charge < -0.3 is 5.11 Å². The Balaban J connectivity index is 1.88. The van der Waals surface area contributed by atoms with Crippen molar-refractivity contribution in [2.24, 2.45) is 5.92 Å². The first-order chi connectivity index (χ1) is 4.34. The Bertz CT molecular complexity index is 98.7. The Labute approximate surface area is 56.4 Å². The minimum atomic E-state index is 0.0369. The van der Waals surface area contributed by atoms with Gasteiger partial charge in [-0.15, -0.1) is 6.58 Å². The highest BCUT2D eigenvalue weighted by molar-refractivity contribution is 4.85. The second kappa shape index (κ2) is 3.02. The lowest BCUT2D eigenvalue weighted by Gasteiger charge is -1.91. The fourth-order valence-corrected chi connectivity index (χ4v) is 1.07. The van der Waals surface area contributed by atoms with Crippen molar-refractivity contribution in [3.05, 3.63) is 12.7 Å². The summed E-state index contributed by atoms with van der Waals surface area (Å²) in [6.45, 7) is 3.63. The van der Waals surface area contributed by atoms with Crippen LogP contribution in [0.25, 0.3) is 0 Å². The Hall–Kier alpha value is -0.300. The molecule has 1 fully saturated rings. The number of unbranched alkanes of at least 4 members (excludes halogenated alkanes) is 1. The SMILES string of the molecule is C=CCCC[C@H]1C[C@@H]1O. The Morgan fingerprint density at radius 2 is 2.33 bits per heavy atom. The molecule has 1 heteroatoms. The van der Waals surface area contributed by atoms with Crippen molar-refractivity contribution in [3.63, 3.8) is 0 Å². The number of aliphatic hydroxyl groups excluding tert-OH is 1. The minimum absolute atomic E-state index is 0.0369. The lowest BCUT2D eigenvalue weighted by Crippen LogP contribution is -1.84. The third-order valence-electron chi connectivity index (χ3n) is 1.87. The van der Waals surface area contributed by atoms with Gasteiger partial charge in [0.15, 0.2) is 0 Å². The average molecular weight is 126 g/mol. The van der Waals surface area contributed by atoms with Gasteiger partial charge >= 0.3 is 0 Å². The number of rotatable bonds is 4. The molecule has 0 amide bonds. The fraction of sp³-hybridized carbons (Fsp3) is 0.750. The topological polar surface area (TPSA) is 20.2 Å². The van der Waals surface area contributed by atoms with Gasteiger partial charge in [0, 0.05) is 0 Å². The minimum Gasteiger partial charge on any atom is -0.393 e. The van der Waals surface area contributed by atoms with Crippen LogP contribution in [-0.4, -0.2) is 11.2 Å². The van der Waals surface area contributed by atoms with Crippen molar-refractivity contribution in [3.8, 4) is 0 Å². The summed E-state index contributed by atoms with van der Waals surface area (Å²) < 4.78 is 0. The number of allylic oxidation sites excluding steroid dienone is 1. The van der Waals surface area contributed by atoms with Gasteiger partial charge in [-0.25, -0.2) is 0 Å². The molecule has 0 bridgehead atoms. The number of hydrogen-bond acceptors (Lipinski definition) is 1. The third-order valence-corrected chi connectivity index (χ3v) is 1.87. The summed E-state index contributed by atoms with van der Waals surface area (Å²) in [5, 5.41) is 8.90. The molecule has 1 rings (SSSR count). The van der Waals surface area contributed by atoms with E-state index in [2.05, 4.69) is 6.58 Å². The molecule has 0 unspecified atom stereocenters. The summed E-state index contributed by atoms with van der Waals surface area (Å²) in [5.41, 5.74) is 0. The van der Waals surface area contributed by atoms with Gasteiger partial charge in [-0.1, -0.05) is 6.08 Å². The number of hydrogen-bond donors (Lipinski definition) is 1. The molecular formula is C8H14O. The van der Waals surface area contributed by atoms with Gasteiger partial charge in [0.05, 0.1) is 6.10 Å². The van der Waals surface area contributed by atoms with Gasteiger partial charge in [-0.05, 0) is 31.6 Å². The molecule has 0 aromatic heterocycles. The molecule has 0 saturated heterocycles. The van der Waals surface area contributed by atoms with Crippen molar-refractivity contribution >= 4 is 0 Å². The van der Waals surface area contributed by atoms with E-state index in [-0.39, 0.29) is 6.10 Å². The van der Waals surface area contributed by atoms with Crippen molar-refractivity contribution < 1.29 is 5.11 Å². The highest BCUT2D eigenvalue weighted by Crippen LogP contribution is 2.34. The summed E-state index contributed by atoms with van der Waals surface area (Å²) in [6.07, 6.45) is 6.50. The molecule has 9 heavy (non-hydrogen) atoms. The molecule has 1 N–H and O–H groups in total. The van der Waals surface area contributed by atoms with Gasteiger partial charge in [0.2, 0.25) is 0 Å². The molecule has 1 aliphatic rings. The molecule has 0 aromatic rings. The molecular weight excluding hydrogens is 112 g/mol. The van der Waals surface area contributed by atoms with Crippen molar-refractivity contribution in [2.45, 2.75) is 31.8 Å². The smallest absolute Gasteiger partial charge is 0.0573 e. The van der Waals surface area contributed by atoms with E-state index in [1.54, 1.807) is 0 Å². The molecule has 52 valence electrons. The quantitative estimate of drug-likeness (QED) is 0.449. The van der Waals surface area contributed by atoms with E-state index in [1.165, 1.54) is 12.8 Å². The molecule has 0 aliphatic heterocycles. The van der Waals surface area contributed by atoms with E-state index in [0.717, 1.165) is 12.8 Å². The van der Waals surface area contributed by atoms with Gasteiger partial charge in [-0.3, -0.25) is 0 Å². The number of aliphatic hydroxyl groups is 1. The highest BCUT2D eigenvalue weighted by Gasteiger charge is 2.33. The fourth-order valence-electron chi connectivity index (χ4n) is 1.07. The van der Waals surface area contributed by atoms with Crippen LogP contribution in [0.5, 0.6) is 0 Å². The van der Waals surface area contributed by atoms with Crippen LogP contribution >= 0.6 is 0 Å². The zero-order valence-corrected chi connectivity index (χ0v) is 5.71. The highest BCUT2D eigenvalue weighted by atomic mass is 16.3. The van der Waals surface area contributed by atoms with E-state index >= 15 is 0 Å². The standard InChI is InChI=1S/C8H14O/c1-2-3-4-5-7-6-8(7)9/h2,7-9H,1,3-6H2/t7-,8-/m0/s1. The van der Waals surface area contributed by atoms with E-state index in [1.807, 2.05) is 6.08 Å². The first-order valence-corrected chi connectivity index (χ1v) is 3.63. The average Bonchev–Trinajstić information content (AvgIpc) is 2.48. The van der Waals surface area contributed by atoms with E-state index in [4.69, 9.17) is 5.11 Å². The molecule has 1 aliphatic carbocycles. The van der Waals surface area contributed by atoms with Crippen LogP contribution in [0.15, 0.2) is 12.7 Å². The maximum atomic E-state index is 8.90. The van der Waals surface area contributed by atoms with Crippen LogP contribution < -0.4 is 0 Å². The second-order valence-electron chi connectivity index (χ2n) is 2.78. The maximum Gasteiger partial charge on any atom is 0.0573 e. The summed E-state index contributed by atoms with van der Waals surface area (Å²) in [6, 6.07) is 0. The lowest BCUT2D eigenvalue weighted by molar-refractivity contribution is 0.256. The van der Waals surface area contributed by atoms with E-state index in [9.17, 15) is 0 Å². The van der Waals surface area contributed by atoms with Crippen molar-refractivity contribution in [1.82, 2.24) is 0 Å². The van der Waals surface area contributed by atoms with Crippen molar-refractivity contribution in [1.29, 1.82) is 0 Å². The molecule has 1 nitrogen and oxygen atoms in total. The van der Waals surface area contributed by atoms with Crippen LogP contribution in [0.1, 0.15) is 25.7 Å². The first-order valence-electron chi connectivity index (χ1n) is 3.63. The summed E-state index contributed by atoms with van der Waals surface area (Å²) in [5.74, 6) is 0.630. The van der Waals surface area contributed by atoms with Crippen LogP contribution in [0.3, 0.4) is 0 Å².